The molecule has 1 aromatic carbocycles. The van der Waals surface area contributed by atoms with Gasteiger partial charge in [-0.15, -0.1) is 10.2 Å². The molecule has 0 spiro atoms. The Labute approximate surface area is 127 Å². The van der Waals surface area contributed by atoms with Crippen LogP contribution in [0.3, 0.4) is 0 Å². The third kappa shape index (κ3) is 3.41. The van der Waals surface area contributed by atoms with Crippen molar-refractivity contribution in [1.29, 1.82) is 0 Å². The van der Waals surface area contributed by atoms with Crippen molar-refractivity contribution in [3.05, 3.63) is 30.1 Å². The molecule has 0 saturated carbocycles. The lowest BCUT2D eigenvalue weighted by molar-refractivity contribution is -0.120. The first kappa shape index (κ1) is 15.5. The van der Waals surface area contributed by atoms with Crippen LogP contribution >= 0.6 is 11.8 Å². The van der Waals surface area contributed by atoms with Crippen molar-refractivity contribution in [1.82, 2.24) is 20.1 Å². The minimum absolute atomic E-state index is 0.0575. The predicted molar refractivity (Wildman–Crippen MR) is 80.4 cm³/mol. The van der Waals surface area contributed by atoms with Gasteiger partial charge in [0.05, 0.1) is 10.8 Å². The average Bonchev–Trinajstić information content (AvgIpc) is 2.81. The zero-order chi connectivity index (χ0) is 15.4. The number of aromatic nitrogens is 3. The van der Waals surface area contributed by atoms with Gasteiger partial charge in [0.1, 0.15) is 5.82 Å². The first-order chi connectivity index (χ1) is 10.0. The topological polar surface area (TPSA) is 59.8 Å². The lowest BCUT2D eigenvalue weighted by Gasteiger charge is -2.10. The summed E-state index contributed by atoms with van der Waals surface area (Å²) in [5, 5.41) is 11.1. The van der Waals surface area contributed by atoms with Gasteiger partial charge in [0, 0.05) is 13.6 Å². The zero-order valence-corrected chi connectivity index (χ0v) is 12.9. The highest BCUT2D eigenvalue weighted by molar-refractivity contribution is 8.00. The van der Waals surface area contributed by atoms with Gasteiger partial charge in [0.15, 0.2) is 11.0 Å². The van der Waals surface area contributed by atoms with E-state index in [1.165, 1.54) is 17.8 Å². The highest BCUT2D eigenvalue weighted by atomic mass is 32.2. The smallest absolute Gasteiger partial charge is 0.233 e. The highest BCUT2D eigenvalue weighted by Crippen LogP contribution is 2.26. The second-order valence-electron chi connectivity index (χ2n) is 4.50. The molecule has 112 valence electrons. The number of hydrogen-bond acceptors (Lipinski definition) is 4. The minimum atomic E-state index is -0.346. The highest BCUT2D eigenvalue weighted by Gasteiger charge is 2.19. The summed E-state index contributed by atoms with van der Waals surface area (Å²) < 4.78 is 15.5. The number of hydrogen-bond donors (Lipinski definition) is 1. The van der Waals surface area contributed by atoms with Crippen LogP contribution in [0.25, 0.3) is 11.4 Å². The first-order valence-electron chi connectivity index (χ1n) is 6.63. The van der Waals surface area contributed by atoms with Crippen LogP contribution in [0, 0.1) is 5.82 Å². The number of thioether (sulfide) groups is 1. The largest absolute Gasteiger partial charge is 0.355 e. The molecule has 0 unspecified atom stereocenters. The van der Waals surface area contributed by atoms with Crippen molar-refractivity contribution >= 4 is 17.7 Å². The lowest BCUT2D eigenvalue weighted by Crippen LogP contribution is -2.30. The maximum Gasteiger partial charge on any atom is 0.233 e. The van der Waals surface area contributed by atoms with Crippen LogP contribution in [0.15, 0.2) is 29.4 Å². The van der Waals surface area contributed by atoms with Gasteiger partial charge >= 0.3 is 0 Å². The van der Waals surface area contributed by atoms with Crippen LogP contribution in [0.1, 0.15) is 13.8 Å². The molecule has 5 nitrogen and oxygen atoms in total. The first-order valence-corrected chi connectivity index (χ1v) is 7.51. The Morgan fingerprint density at radius 3 is 2.81 bits per heavy atom. The number of halogens is 1. The van der Waals surface area contributed by atoms with E-state index < -0.39 is 0 Å². The Kier molecular flexibility index (Phi) is 4.95. The summed E-state index contributed by atoms with van der Waals surface area (Å²) in [6.45, 7) is 4.25. The molecule has 1 heterocycles. The van der Waals surface area contributed by atoms with Crippen molar-refractivity contribution in [3.63, 3.8) is 0 Å². The van der Waals surface area contributed by atoms with Gasteiger partial charge in [-0.05, 0) is 26.0 Å². The SMILES string of the molecule is CCNC(=O)[C@H](C)Sc1nnc(-c2ccccc2F)n1C. The van der Waals surface area contributed by atoms with Gasteiger partial charge in [-0.2, -0.15) is 0 Å². The fourth-order valence-electron chi connectivity index (χ4n) is 1.82. The van der Waals surface area contributed by atoms with Crippen LogP contribution in [-0.2, 0) is 11.8 Å². The van der Waals surface area contributed by atoms with E-state index in [4.69, 9.17) is 0 Å². The van der Waals surface area contributed by atoms with Gasteiger partial charge in [-0.1, -0.05) is 23.9 Å². The van der Waals surface area contributed by atoms with E-state index in [1.807, 2.05) is 6.92 Å². The summed E-state index contributed by atoms with van der Waals surface area (Å²) in [6.07, 6.45) is 0. The van der Waals surface area contributed by atoms with Crippen LogP contribution in [-0.4, -0.2) is 32.5 Å². The molecule has 1 N–H and O–H groups in total. The quantitative estimate of drug-likeness (QED) is 0.861. The monoisotopic (exact) mass is 308 g/mol. The second-order valence-corrected chi connectivity index (χ2v) is 5.81. The Morgan fingerprint density at radius 2 is 2.14 bits per heavy atom. The molecular weight excluding hydrogens is 291 g/mol. The molecule has 2 rings (SSSR count). The molecule has 0 saturated heterocycles. The fraction of sp³-hybridized carbons (Fsp3) is 0.357. The molecule has 2 aromatic rings. The zero-order valence-electron chi connectivity index (χ0n) is 12.1. The molecule has 0 aliphatic rings. The molecule has 0 radical (unpaired) electrons. The number of carbonyl (C=O) groups is 1. The van der Waals surface area contributed by atoms with Gasteiger partial charge in [-0.25, -0.2) is 4.39 Å². The number of carbonyl (C=O) groups excluding carboxylic acids is 1. The van der Waals surface area contributed by atoms with E-state index in [9.17, 15) is 9.18 Å². The summed E-state index contributed by atoms with van der Waals surface area (Å²) in [6, 6.07) is 6.41. The van der Waals surface area contributed by atoms with Gasteiger partial charge in [0.25, 0.3) is 0 Å². The van der Waals surface area contributed by atoms with Crippen LogP contribution < -0.4 is 5.32 Å². The van der Waals surface area contributed by atoms with Crippen molar-refractivity contribution < 1.29 is 9.18 Å². The number of nitrogens with one attached hydrogen (secondary N) is 1. The number of amides is 1. The fourth-order valence-corrected chi connectivity index (χ4v) is 2.66. The molecule has 1 atom stereocenters. The third-order valence-corrected chi connectivity index (χ3v) is 4.09. The molecule has 0 bridgehead atoms. The minimum Gasteiger partial charge on any atom is -0.355 e. The normalized spacial score (nSPS) is 12.2. The summed E-state index contributed by atoms with van der Waals surface area (Å²) in [5.74, 6) is 0.0398. The standard InChI is InChI=1S/C14H17FN4OS/c1-4-16-13(20)9(2)21-14-18-17-12(19(14)3)10-7-5-6-8-11(10)15/h5-9H,4H2,1-3H3,(H,16,20)/t9-/m0/s1. The molecule has 0 aliphatic carbocycles. The van der Waals surface area contributed by atoms with Gasteiger partial charge in [0.2, 0.25) is 5.91 Å². The van der Waals surface area contributed by atoms with E-state index >= 15 is 0 Å². The summed E-state index contributed by atoms with van der Waals surface area (Å²) in [4.78, 5) is 11.7. The summed E-state index contributed by atoms with van der Waals surface area (Å²) in [5.41, 5.74) is 0.394. The number of benzene rings is 1. The van der Waals surface area contributed by atoms with Gasteiger partial charge in [-0.3, -0.25) is 4.79 Å². The second kappa shape index (κ2) is 6.71. The van der Waals surface area contributed by atoms with Gasteiger partial charge < -0.3 is 9.88 Å². The molecule has 0 aliphatic heterocycles. The Bertz CT molecular complexity index is 644. The molecule has 0 fully saturated rings. The van der Waals surface area contributed by atoms with E-state index in [1.54, 1.807) is 36.7 Å². The number of nitrogens with zero attached hydrogens (tertiary/aromatic N) is 3. The maximum absolute atomic E-state index is 13.8. The Morgan fingerprint density at radius 1 is 1.43 bits per heavy atom. The van der Waals surface area contributed by atoms with E-state index in [0.717, 1.165) is 0 Å². The van der Waals surface area contributed by atoms with Crippen LogP contribution in [0.5, 0.6) is 0 Å². The molecule has 1 amide bonds. The third-order valence-electron chi connectivity index (χ3n) is 2.95. The molecule has 1 aromatic heterocycles. The Balaban J connectivity index is 2.22. The van der Waals surface area contributed by atoms with E-state index in [0.29, 0.717) is 23.1 Å². The Hall–Kier alpha value is -1.89. The van der Waals surface area contributed by atoms with Crippen molar-refractivity contribution in [2.45, 2.75) is 24.3 Å². The lowest BCUT2D eigenvalue weighted by atomic mass is 10.2. The number of rotatable bonds is 5. The molecule has 7 heteroatoms. The van der Waals surface area contributed by atoms with E-state index in [-0.39, 0.29) is 17.0 Å². The average molecular weight is 308 g/mol. The van der Waals surface area contributed by atoms with Crippen molar-refractivity contribution in [2.24, 2.45) is 7.05 Å². The van der Waals surface area contributed by atoms with Crippen LogP contribution in [0.2, 0.25) is 0 Å². The summed E-state index contributed by atoms with van der Waals surface area (Å²) in [7, 11) is 1.76. The van der Waals surface area contributed by atoms with Crippen molar-refractivity contribution in [2.75, 3.05) is 6.54 Å². The maximum atomic E-state index is 13.8. The van der Waals surface area contributed by atoms with Crippen molar-refractivity contribution in [3.8, 4) is 11.4 Å². The predicted octanol–water partition coefficient (Wildman–Crippen LogP) is 2.24. The summed E-state index contributed by atoms with van der Waals surface area (Å²) >= 11 is 1.29. The molecular formula is C14H17FN4OS. The molecule has 21 heavy (non-hydrogen) atoms. The van der Waals surface area contributed by atoms with Crippen LogP contribution in [0.4, 0.5) is 4.39 Å². The van der Waals surface area contributed by atoms with E-state index in [2.05, 4.69) is 15.5 Å².